The lowest BCUT2D eigenvalue weighted by molar-refractivity contribution is -0.140. The predicted octanol–water partition coefficient (Wildman–Crippen LogP) is 0.730. The summed E-state index contributed by atoms with van der Waals surface area (Å²) in [6.07, 6.45) is 2.50. The van der Waals surface area contributed by atoms with Crippen LogP contribution in [0.3, 0.4) is 0 Å². The molecule has 17 heavy (non-hydrogen) atoms. The van der Waals surface area contributed by atoms with Gasteiger partial charge in [-0.15, -0.1) is 11.8 Å². The molecule has 0 bridgehead atoms. The first-order valence-corrected chi connectivity index (χ1v) is 6.22. The highest BCUT2D eigenvalue weighted by molar-refractivity contribution is 7.99. The van der Waals surface area contributed by atoms with Crippen molar-refractivity contribution in [2.45, 2.75) is 6.04 Å². The van der Waals surface area contributed by atoms with Crippen LogP contribution in [0.2, 0.25) is 5.15 Å². The number of aromatic nitrogens is 2. The summed E-state index contributed by atoms with van der Waals surface area (Å²) in [6.45, 7) is 0. The minimum atomic E-state index is -1.01. The standard InChI is InChI=1S/C9H8ClN3O3S/c10-7-2-11-5(1-12-7)8(14)13-4-17-3-6(13)9(15)16/h1-2,6H,3-4H2,(H,15,16)/t6-/m0/s1. The van der Waals surface area contributed by atoms with E-state index < -0.39 is 17.9 Å². The fourth-order valence-corrected chi connectivity index (χ4v) is 2.66. The average Bonchev–Trinajstić information content (AvgIpc) is 2.78. The van der Waals surface area contributed by atoms with Crippen molar-refractivity contribution in [2.24, 2.45) is 0 Å². The van der Waals surface area contributed by atoms with Crippen molar-refractivity contribution in [2.75, 3.05) is 11.6 Å². The van der Waals surface area contributed by atoms with Crippen LogP contribution in [0, 0.1) is 0 Å². The van der Waals surface area contributed by atoms with Gasteiger partial charge in [0.15, 0.2) is 0 Å². The second kappa shape index (κ2) is 4.89. The van der Waals surface area contributed by atoms with Crippen molar-refractivity contribution in [3.8, 4) is 0 Å². The van der Waals surface area contributed by atoms with Gasteiger partial charge in [0.2, 0.25) is 0 Å². The van der Waals surface area contributed by atoms with E-state index in [1.165, 1.54) is 29.1 Å². The highest BCUT2D eigenvalue weighted by atomic mass is 35.5. The van der Waals surface area contributed by atoms with E-state index >= 15 is 0 Å². The molecule has 6 nitrogen and oxygen atoms in total. The van der Waals surface area contributed by atoms with Crippen LogP contribution in [0.15, 0.2) is 12.4 Å². The molecule has 90 valence electrons. The number of carboxylic acids is 1. The quantitative estimate of drug-likeness (QED) is 0.855. The second-order valence-electron chi connectivity index (χ2n) is 3.35. The summed E-state index contributed by atoms with van der Waals surface area (Å²) in [5.41, 5.74) is 0.100. The molecule has 1 aliphatic rings. The Hall–Kier alpha value is -1.34. The number of rotatable bonds is 2. The van der Waals surface area contributed by atoms with Crippen molar-refractivity contribution >= 4 is 35.2 Å². The molecular weight excluding hydrogens is 266 g/mol. The number of aliphatic carboxylic acids is 1. The molecule has 0 unspecified atom stereocenters. The maximum Gasteiger partial charge on any atom is 0.327 e. The van der Waals surface area contributed by atoms with Crippen LogP contribution in [0.5, 0.6) is 0 Å². The van der Waals surface area contributed by atoms with E-state index in [-0.39, 0.29) is 10.8 Å². The van der Waals surface area contributed by atoms with Crippen LogP contribution in [0.25, 0.3) is 0 Å². The Labute approximate surface area is 106 Å². The molecule has 2 rings (SSSR count). The van der Waals surface area contributed by atoms with E-state index in [1.807, 2.05) is 0 Å². The Bertz CT molecular complexity index is 453. The van der Waals surface area contributed by atoms with E-state index in [0.29, 0.717) is 11.6 Å². The number of carbonyl (C=O) groups is 2. The molecule has 1 aromatic heterocycles. The number of hydrogen-bond donors (Lipinski definition) is 1. The first-order chi connectivity index (χ1) is 8.09. The fourth-order valence-electron chi connectivity index (χ4n) is 1.42. The molecule has 1 amide bonds. The number of carboxylic acid groups (broad SMARTS) is 1. The lowest BCUT2D eigenvalue weighted by atomic mass is 10.2. The third-order valence-corrected chi connectivity index (χ3v) is 3.48. The van der Waals surface area contributed by atoms with Crippen LogP contribution >= 0.6 is 23.4 Å². The highest BCUT2D eigenvalue weighted by Crippen LogP contribution is 2.22. The van der Waals surface area contributed by atoms with Gasteiger partial charge in [-0.2, -0.15) is 0 Å². The summed E-state index contributed by atoms with van der Waals surface area (Å²) in [5.74, 6) is -0.709. The molecule has 0 saturated carbocycles. The smallest absolute Gasteiger partial charge is 0.327 e. The molecule has 1 fully saturated rings. The van der Waals surface area contributed by atoms with E-state index in [9.17, 15) is 9.59 Å². The van der Waals surface area contributed by atoms with Gasteiger partial charge in [0.05, 0.1) is 18.3 Å². The summed E-state index contributed by atoms with van der Waals surface area (Å²) in [5, 5.41) is 9.15. The van der Waals surface area contributed by atoms with Crippen LogP contribution in [0.4, 0.5) is 0 Å². The van der Waals surface area contributed by atoms with Gasteiger partial charge < -0.3 is 10.0 Å². The average molecular weight is 274 g/mol. The summed E-state index contributed by atoms with van der Waals surface area (Å²) in [6, 6.07) is -0.801. The van der Waals surface area contributed by atoms with Gasteiger partial charge >= 0.3 is 5.97 Å². The third kappa shape index (κ3) is 2.50. The zero-order chi connectivity index (χ0) is 12.4. The molecule has 1 atom stereocenters. The van der Waals surface area contributed by atoms with Crippen molar-refractivity contribution < 1.29 is 14.7 Å². The molecule has 1 N–H and O–H groups in total. The van der Waals surface area contributed by atoms with Crippen molar-refractivity contribution in [3.05, 3.63) is 23.2 Å². The first-order valence-electron chi connectivity index (χ1n) is 4.68. The van der Waals surface area contributed by atoms with Gasteiger partial charge in [-0.25, -0.2) is 14.8 Å². The number of carbonyl (C=O) groups excluding carboxylic acids is 1. The summed E-state index contributed by atoms with van der Waals surface area (Å²) in [4.78, 5) is 31.8. The number of nitrogens with zero attached hydrogens (tertiary/aromatic N) is 3. The van der Waals surface area contributed by atoms with Gasteiger partial charge in [-0.1, -0.05) is 11.6 Å². The zero-order valence-corrected chi connectivity index (χ0v) is 10.1. The summed E-state index contributed by atoms with van der Waals surface area (Å²) < 4.78 is 0. The zero-order valence-electron chi connectivity index (χ0n) is 8.54. The Morgan fingerprint density at radius 1 is 1.47 bits per heavy atom. The lowest BCUT2D eigenvalue weighted by Crippen LogP contribution is -2.42. The van der Waals surface area contributed by atoms with Crippen molar-refractivity contribution in [1.82, 2.24) is 14.9 Å². The Kier molecular flexibility index (Phi) is 3.49. The van der Waals surface area contributed by atoms with Crippen LogP contribution < -0.4 is 0 Å². The topological polar surface area (TPSA) is 83.4 Å². The van der Waals surface area contributed by atoms with Crippen LogP contribution in [0.1, 0.15) is 10.5 Å². The van der Waals surface area contributed by atoms with Gasteiger partial charge in [0, 0.05) is 5.75 Å². The van der Waals surface area contributed by atoms with E-state index in [4.69, 9.17) is 16.7 Å². The van der Waals surface area contributed by atoms with E-state index in [2.05, 4.69) is 9.97 Å². The maximum atomic E-state index is 12.0. The molecule has 1 aliphatic heterocycles. The molecule has 2 heterocycles. The monoisotopic (exact) mass is 273 g/mol. The predicted molar refractivity (Wildman–Crippen MR) is 62.0 cm³/mol. The van der Waals surface area contributed by atoms with Crippen molar-refractivity contribution in [3.63, 3.8) is 0 Å². The molecule has 0 aromatic carbocycles. The Balaban J connectivity index is 2.19. The van der Waals surface area contributed by atoms with E-state index in [1.54, 1.807) is 0 Å². The van der Waals surface area contributed by atoms with E-state index in [0.717, 1.165) is 0 Å². The fraction of sp³-hybridized carbons (Fsp3) is 0.333. The molecule has 0 radical (unpaired) electrons. The molecule has 0 spiro atoms. The molecular formula is C9H8ClN3O3S. The minimum absolute atomic E-state index is 0.100. The number of hydrogen-bond acceptors (Lipinski definition) is 5. The number of amides is 1. The van der Waals surface area contributed by atoms with Crippen molar-refractivity contribution in [1.29, 1.82) is 0 Å². The van der Waals surface area contributed by atoms with Gasteiger partial charge in [0.1, 0.15) is 16.9 Å². The molecule has 8 heteroatoms. The Morgan fingerprint density at radius 3 is 2.82 bits per heavy atom. The highest BCUT2D eigenvalue weighted by Gasteiger charge is 2.35. The SMILES string of the molecule is O=C(O)[C@@H]1CSCN1C(=O)c1cnc(Cl)cn1. The largest absolute Gasteiger partial charge is 0.480 e. The minimum Gasteiger partial charge on any atom is -0.480 e. The third-order valence-electron chi connectivity index (χ3n) is 2.27. The van der Waals surface area contributed by atoms with Gasteiger partial charge in [-0.05, 0) is 0 Å². The molecule has 0 aliphatic carbocycles. The van der Waals surface area contributed by atoms with Crippen LogP contribution in [-0.4, -0.2) is 49.5 Å². The second-order valence-corrected chi connectivity index (χ2v) is 4.74. The number of thioether (sulfide) groups is 1. The summed E-state index contributed by atoms with van der Waals surface area (Å²) >= 11 is 6.95. The van der Waals surface area contributed by atoms with Gasteiger partial charge in [-0.3, -0.25) is 4.79 Å². The van der Waals surface area contributed by atoms with Gasteiger partial charge in [0.25, 0.3) is 5.91 Å². The first kappa shape index (κ1) is 12.1. The molecule has 1 aromatic rings. The number of halogens is 1. The Morgan fingerprint density at radius 2 is 2.24 bits per heavy atom. The maximum absolute atomic E-state index is 12.0. The normalized spacial score (nSPS) is 19.4. The summed E-state index contributed by atoms with van der Waals surface area (Å²) in [7, 11) is 0. The van der Waals surface area contributed by atoms with Crippen LogP contribution in [-0.2, 0) is 4.79 Å². The molecule has 1 saturated heterocycles. The lowest BCUT2D eigenvalue weighted by Gasteiger charge is -2.19.